The molecule has 0 fully saturated rings. The number of benzene rings is 1. The van der Waals surface area contributed by atoms with E-state index in [0.29, 0.717) is 11.1 Å². The van der Waals surface area contributed by atoms with Crippen LogP contribution in [0.1, 0.15) is 17.0 Å². The van der Waals surface area contributed by atoms with E-state index in [-0.39, 0.29) is 22.3 Å². The van der Waals surface area contributed by atoms with Crippen LogP contribution < -0.4 is 0 Å². The van der Waals surface area contributed by atoms with Crippen LogP contribution in [0.2, 0.25) is 0 Å². The summed E-state index contributed by atoms with van der Waals surface area (Å²) >= 11 is 0.257. The Balaban J connectivity index is 2.34. The molecule has 0 bridgehead atoms. The first-order valence-corrected chi connectivity index (χ1v) is 7.89. The molecule has 0 aliphatic carbocycles. The number of hydrogen-bond donors (Lipinski definition) is 0. The number of thioether (sulfide) groups is 1. The van der Waals surface area contributed by atoms with Crippen molar-refractivity contribution < 1.29 is 35.1 Å². The Morgan fingerprint density at radius 2 is 1.58 bits per heavy atom. The summed E-state index contributed by atoms with van der Waals surface area (Å²) < 4.78 is 102. The molecule has 0 N–H and O–H groups in total. The van der Waals surface area contributed by atoms with Crippen LogP contribution in [0, 0.1) is 13.8 Å². The van der Waals surface area contributed by atoms with Gasteiger partial charge in [-0.2, -0.15) is 35.1 Å². The van der Waals surface area contributed by atoms with E-state index in [4.69, 9.17) is 0 Å². The van der Waals surface area contributed by atoms with E-state index in [1.54, 1.807) is 0 Å². The van der Waals surface area contributed by atoms with Gasteiger partial charge in [0.2, 0.25) is 0 Å². The minimum absolute atomic E-state index is 0.0681. The molecule has 0 aliphatic heterocycles. The number of hydrogen-bond acceptors (Lipinski definition) is 3. The van der Waals surface area contributed by atoms with Crippen molar-refractivity contribution in [1.29, 1.82) is 0 Å². The Morgan fingerprint density at radius 3 is 2.08 bits per heavy atom. The lowest BCUT2D eigenvalue weighted by atomic mass is 10.1. The first-order valence-electron chi connectivity index (χ1n) is 6.90. The zero-order valence-corrected chi connectivity index (χ0v) is 14.0. The fourth-order valence-corrected chi connectivity index (χ4v) is 2.97. The average molecular weight is 405 g/mol. The number of nitrogens with zero attached hydrogens (tertiary/aromatic N) is 3. The summed E-state index contributed by atoms with van der Waals surface area (Å²) in [5.74, 6) is -7.84. The molecule has 26 heavy (non-hydrogen) atoms. The number of rotatable bonds is 4. The Kier molecular flexibility index (Phi) is 5.28. The largest absolute Gasteiger partial charge is 0.454 e. The highest BCUT2D eigenvalue weighted by atomic mass is 32.2. The van der Waals surface area contributed by atoms with E-state index in [9.17, 15) is 35.1 Å². The second kappa shape index (κ2) is 6.71. The summed E-state index contributed by atoms with van der Waals surface area (Å²) in [6, 6.07) is 2.66. The summed E-state index contributed by atoms with van der Waals surface area (Å²) in [5.41, 5.74) is 0.954. The lowest BCUT2D eigenvalue weighted by Crippen LogP contribution is -2.38. The van der Waals surface area contributed by atoms with Gasteiger partial charge in [-0.3, -0.25) is 0 Å². The van der Waals surface area contributed by atoms with Crippen molar-refractivity contribution in [2.75, 3.05) is 5.75 Å². The third-order valence-electron chi connectivity index (χ3n) is 3.31. The third kappa shape index (κ3) is 4.27. The van der Waals surface area contributed by atoms with Gasteiger partial charge in [-0.1, -0.05) is 6.07 Å². The summed E-state index contributed by atoms with van der Waals surface area (Å²) in [5, 5.41) is 3.27. The predicted molar refractivity (Wildman–Crippen MR) is 77.6 cm³/mol. The van der Waals surface area contributed by atoms with E-state index < -0.39 is 29.9 Å². The van der Waals surface area contributed by atoms with Crippen molar-refractivity contribution in [3.05, 3.63) is 35.4 Å². The van der Waals surface area contributed by atoms with Crippen LogP contribution in [-0.2, 0) is 6.18 Å². The van der Waals surface area contributed by atoms with Crippen LogP contribution in [0.4, 0.5) is 35.1 Å². The lowest BCUT2D eigenvalue weighted by molar-refractivity contribution is -0.271. The number of alkyl halides is 8. The van der Waals surface area contributed by atoms with Gasteiger partial charge in [-0.15, -0.1) is 16.9 Å². The van der Waals surface area contributed by atoms with Crippen molar-refractivity contribution in [3.8, 4) is 5.69 Å². The maximum atomic E-state index is 13.1. The molecule has 0 atom stereocenters. The molecule has 0 amide bonds. The summed E-state index contributed by atoms with van der Waals surface area (Å²) in [7, 11) is 0. The van der Waals surface area contributed by atoms with Crippen LogP contribution >= 0.6 is 11.8 Å². The van der Waals surface area contributed by atoms with E-state index >= 15 is 0 Å². The number of aryl methyl sites for hydroxylation is 2. The standard InChI is InChI=1S/C14H11F8N3S/c1-7-3-8(2)10(26-5-12(15,16)14(20,21)22)4-9(7)25-6-23-11(24-25)13(17,18)19/h3-4,6H,5H2,1-2H3. The second-order valence-electron chi connectivity index (χ2n) is 5.41. The highest BCUT2D eigenvalue weighted by Crippen LogP contribution is 2.40. The van der Waals surface area contributed by atoms with Gasteiger partial charge in [0.25, 0.3) is 5.82 Å². The molecule has 1 heterocycles. The molecule has 2 rings (SSSR count). The Labute approximate surface area is 146 Å². The van der Waals surface area contributed by atoms with E-state index in [1.165, 1.54) is 26.0 Å². The minimum Gasteiger partial charge on any atom is -0.220 e. The van der Waals surface area contributed by atoms with E-state index in [2.05, 4.69) is 10.1 Å². The average Bonchev–Trinajstić information content (AvgIpc) is 2.94. The fraction of sp³-hybridized carbons (Fsp3) is 0.429. The zero-order valence-electron chi connectivity index (χ0n) is 13.2. The molecule has 0 unspecified atom stereocenters. The van der Waals surface area contributed by atoms with Gasteiger partial charge in [-0.05, 0) is 31.0 Å². The van der Waals surface area contributed by atoms with Gasteiger partial charge in [0.15, 0.2) is 0 Å². The van der Waals surface area contributed by atoms with Gasteiger partial charge >= 0.3 is 18.3 Å². The van der Waals surface area contributed by atoms with Crippen LogP contribution in [0.15, 0.2) is 23.4 Å². The highest BCUT2D eigenvalue weighted by molar-refractivity contribution is 7.99. The minimum atomic E-state index is -5.69. The summed E-state index contributed by atoms with van der Waals surface area (Å²) in [4.78, 5) is 3.19. The normalized spacial score (nSPS) is 13.3. The molecule has 1 aromatic carbocycles. The first kappa shape index (κ1) is 20.5. The fourth-order valence-electron chi connectivity index (χ4n) is 1.98. The molecular formula is C14H11F8N3S. The maximum Gasteiger partial charge on any atom is 0.454 e. The molecule has 0 saturated heterocycles. The van der Waals surface area contributed by atoms with E-state index in [1.807, 2.05) is 0 Å². The van der Waals surface area contributed by atoms with Crippen molar-refractivity contribution in [2.24, 2.45) is 0 Å². The molecule has 0 saturated carbocycles. The summed E-state index contributed by atoms with van der Waals surface area (Å²) in [6.07, 6.45) is -9.66. The molecule has 3 nitrogen and oxygen atoms in total. The quantitative estimate of drug-likeness (QED) is 0.518. The number of halogens is 8. The van der Waals surface area contributed by atoms with Crippen LogP contribution in [0.25, 0.3) is 5.69 Å². The molecule has 144 valence electrons. The third-order valence-corrected chi connectivity index (χ3v) is 4.57. The first-order chi connectivity index (χ1) is 11.7. The summed E-state index contributed by atoms with van der Waals surface area (Å²) in [6.45, 7) is 3.03. The van der Waals surface area contributed by atoms with Gasteiger partial charge in [0, 0.05) is 4.90 Å². The van der Waals surface area contributed by atoms with Crippen LogP contribution in [0.3, 0.4) is 0 Å². The van der Waals surface area contributed by atoms with Crippen molar-refractivity contribution in [2.45, 2.75) is 37.0 Å². The van der Waals surface area contributed by atoms with Gasteiger partial charge < -0.3 is 0 Å². The van der Waals surface area contributed by atoms with Gasteiger partial charge in [-0.25, -0.2) is 9.67 Å². The van der Waals surface area contributed by atoms with E-state index in [0.717, 1.165) is 11.0 Å². The van der Waals surface area contributed by atoms with Crippen molar-refractivity contribution in [3.63, 3.8) is 0 Å². The molecule has 0 aliphatic rings. The maximum absolute atomic E-state index is 13.1. The van der Waals surface area contributed by atoms with Crippen molar-refractivity contribution >= 4 is 11.8 Å². The SMILES string of the molecule is Cc1cc(C)c(-n2cnc(C(F)(F)F)n2)cc1SCC(F)(F)C(F)(F)F. The number of aromatic nitrogens is 3. The predicted octanol–water partition coefficient (Wildman–Crippen LogP) is 5.19. The topological polar surface area (TPSA) is 30.7 Å². The molecular weight excluding hydrogens is 394 g/mol. The molecule has 0 spiro atoms. The Hall–Kier alpha value is -1.85. The van der Waals surface area contributed by atoms with Crippen LogP contribution in [0.5, 0.6) is 0 Å². The van der Waals surface area contributed by atoms with Crippen molar-refractivity contribution in [1.82, 2.24) is 14.8 Å². The Morgan fingerprint density at radius 1 is 0.962 bits per heavy atom. The van der Waals surface area contributed by atoms with Gasteiger partial charge in [0.1, 0.15) is 6.33 Å². The molecule has 12 heteroatoms. The molecule has 1 aromatic heterocycles. The van der Waals surface area contributed by atoms with Crippen LogP contribution in [-0.4, -0.2) is 32.6 Å². The smallest absolute Gasteiger partial charge is 0.220 e. The molecule has 2 aromatic rings. The molecule has 0 radical (unpaired) electrons. The second-order valence-corrected chi connectivity index (χ2v) is 6.42. The van der Waals surface area contributed by atoms with Gasteiger partial charge in [0.05, 0.1) is 11.4 Å². The zero-order chi connectivity index (χ0) is 19.9. The Bertz CT molecular complexity index is 794. The monoisotopic (exact) mass is 405 g/mol. The highest BCUT2D eigenvalue weighted by Gasteiger charge is 2.57. The lowest BCUT2D eigenvalue weighted by Gasteiger charge is -2.20.